The highest BCUT2D eigenvalue weighted by Gasteiger charge is 2.46. The number of urea groups is 1. The molecule has 18 heavy (non-hydrogen) atoms. The first-order valence-corrected chi connectivity index (χ1v) is 6.78. The van der Waals surface area contributed by atoms with Crippen molar-refractivity contribution in [3.05, 3.63) is 0 Å². The summed E-state index contributed by atoms with van der Waals surface area (Å²) in [6.07, 6.45) is 4.36. The van der Waals surface area contributed by atoms with E-state index in [-0.39, 0.29) is 12.1 Å². The third kappa shape index (κ3) is 2.06. The molecule has 2 heterocycles. The van der Waals surface area contributed by atoms with Crippen LogP contribution in [0.3, 0.4) is 0 Å². The normalized spacial score (nSPS) is 32.7. The van der Waals surface area contributed by atoms with Crippen LogP contribution >= 0.6 is 0 Å². The zero-order chi connectivity index (χ0) is 13.3. The molecule has 2 aliphatic heterocycles. The van der Waals surface area contributed by atoms with E-state index < -0.39 is 11.5 Å². The van der Waals surface area contributed by atoms with Gasteiger partial charge in [0.15, 0.2) is 0 Å². The average molecular weight is 254 g/mol. The third-order valence-corrected chi connectivity index (χ3v) is 4.38. The van der Waals surface area contributed by atoms with Crippen molar-refractivity contribution in [3.63, 3.8) is 0 Å². The van der Waals surface area contributed by atoms with E-state index >= 15 is 0 Å². The number of carboxylic acid groups (broad SMARTS) is 1. The van der Waals surface area contributed by atoms with E-state index in [0.29, 0.717) is 13.0 Å². The van der Waals surface area contributed by atoms with Gasteiger partial charge in [-0.2, -0.15) is 0 Å². The van der Waals surface area contributed by atoms with Crippen molar-refractivity contribution in [2.75, 3.05) is 13.1 Å². The second kappa shape index (κ2) is 4.78. The Bertz CT molecular complexity index is 358. The molecular formula is C13H22N2O3. The number of carbonyl (C=O) groups excluding carboxylic acids is 1. The second-order valence-corrected chi connectivity index (χ2v) is 5.65. The van der Waals surface area contributed by atoms with Gasteiger partial charge in [0.25, 0.3) is 0 Å². The SMILES string of the molecule is CC1CCCN1C(=O)N1CCCCC1(C)C(=O)O. The number of hydrogen-bond acceptors (Lipinski definition) is 2. The number of piperidine rings is 1. The minimum absolute atomic E-state index is 0.0930. The number of nitrogens with zero attached hydrogens (tertiary/aromatic N) is 2. The van der Waals surface area contributed by atoms with Crippen LogP contribution in [0.1, 0.15) is 46.0 Å². The van der Waals surface area contributed by atoms with Crippen molar-refractivity contribution in [1.29, 1.82) is 0 Å². The Hall–Kier alpha value is -1.26. The smallest absolute Gasteiger partial charge is 0.329 e. The maximum absolute atomic E-state index is 12.5. The standard InChI is InChI=1S/C13H22N2O3/c1-10-6-5-8-14(10)12(18)15-9-4-3-7-13(15,2)11(16)17/h10H,3-9H2,1-2H3,(H,16,17). The van der Waals surface area contributed by atoms with Crippen LogP contribution in [0.25, 0.3) is 0 Å². The number of rotatable bonds is 1. The molecule has 5 nitrogen and oxygen atoms in total. The van der Waals surface area contributed by atoms with E-state index in [0.717, 1.165) is 32.2 Å². The lowest BCUT2D eigenvalue weighted by atomic mass is 9.89. The highest BCUT2D eigenvalue weighted by atomic mass is 16.4. The predicted octanol–water partition coefficient (Wildman–Crippen LogP) is 1.92. The summed E-state index contributed by atoms with van der Waals surface area (Å²) in [4.78, 5) is 27.4. The molecule has 102 valence electrons. The summed E-state index contributed by atoms with van der Waals surface area (Å²) in [5.41, 5.74) is -1.03. The number of carbonyl (C=O) groups is 2. The van der Waals surface area contributed by atoms with Crippen molar-refractivity contribution in [2.24, 2.45) is 0 Å². The molecule has 0 aromatic heterocycles. The topological polar surface area (TPSA) is 60.9 Å². The maximum Gasteiger partial charge on any atom is 0.329 e. The van der Waals surface area contributed by atoms with Crippen LogP contribution in [0.4, 0.5) is 4.79 Å². The van der Waals surface area contributed by atoms with Crippen molar-refractivity contribution < 1.29 is 14.7 Å². The lowest BCUT2D eigenvalue weighted by Gasteiger charge is -2.43. The molecule has 0 saturated carbocycles. The van der Waals surface area contributed by atoms with Crippen LogP contribution in [-0.4, -0.2) is 51.6 Å². The van der Waals surface area contributed by atoms with E-state index in [1.165, 1.54) is 0 Å². The van der Waals surface area contributed by atoms with Crippen molar-refractivity contribution >= 4 is 12.0 Å². The minimum atomic E-state index is -1.03. The second-order valence-electron chi connectivity index (χ2n) is 5.65. The summed E-state index contributed by atoms with van der Waals surface area (Å²) >= 11 is 0. The minimum Gasteiger partial charge on any atom is -0.480 e. The molecule has 0 spiro atoms. The summed E-state index contributed by atoms with van der Waals surface area (Å²) in [5.74, 6) is -0.887. The van der Waals surface area contributed by atoms with E-state index in [4.69, 9.17) is 0 Å². The van der Waals surface area contributed by atoms with Crippen LogP contribution in [0.2, 0.25) is 0 Å². The fraction of sp³-hybridized carbons (Fsp3) is 0.846. The Morgan fingerprint density at radius 3 is 2.50 bits per heavy atom. The molecular weight excluding hydrogens is 232 g/mol. The molecule has 2 amide bonds. The molecule has 1 N–H and O–H groups in total. The van der Waals surface area contributed by atoms with Crippen LogP contribution in [0.15, 0.2) is 0 Å². The van der Waals surface area contributed by atoms with Crippen molar-refractivity contribution in [3.8, 4) is 0 Å². The monoisotopic (exact) mass is 254 g/mol. The first-order valence-electron chi connectivity index (χ1n) is 6.78. The number of hydrogen-bond donors (Lipinski definition) is 1. The molecule has 2 saturated heterocycles. The lowest BCUT2D eigenvalue weighted by Crippen LogP contribution is -2.61. The highest BCUT2D eigenvalue weighted by Crippen LogP contribution is 2.31. The van der Waals surface area contributed by atoms with Gasteiger partial charge in [-0.1, -0.05) is 0 Å². The van der Waals surface area contributed by atoms with Gasteiger partial charge in [0.05, 0.1) is 0 Å². The Kier molecular flexibility index (Phi) is 3.50. The zero-order valence-corrected chi connectivity index (χ0v) is 11.2. The van der Waals surface area contributed by atoms with Gasteiger partial charge in [-0.15, -0.1) is 0 Å². The Balaban J connectivity index is 2.18. The Morgan fingerprint density at radius 1 is 1.22 bits per heavy atom. The summed E-state index contributed by atoms with van der Waals surface area (Å²) < 4.78 is 0. The Morgan fingerprint density at radius 2 is 1.94 bits per heavy atom. The van der Waals surface area contributed by atoms with E-state index in [1.807, 2.05) is 11.8 Å². The summed E-state index contributed by atoms with van der Waals surface area (Å²) in [5, 5.41) is 9.41. The lowest BCUT2D eigenvalue weighted by molar-refractivity contribution is -0.150. The van der Waals surface area contributed by atoms with Crippen LogP contribution < -0.4 is 0 Å². The van der Waals surface area contributed by atoms with Gasteiger partial charge in [0, 0.05) is 19.1 Å². The van der Waals surface area contributed by atoms with Crippen LogP contribution in [0, 0.1) is 0 Å². The van der Waals surface area contributed by atoms with E-state index in [2.05, 4.69) is 0 Å². The van der Waals surface area contributed by atoms with Crippen molar-refractivity contribution in [1.82, 2.24) is 9.80 Å². The fourth-order valence-corrected chi connectivity index (χ4v) is 3.02. The number of amides is 2. The molecule has 0 bridgehead atoms. The average Bonchev–Trinajstić information content (AvgIpc) is 2.75. The van der Waals surface area contributed by atoms with Crippen LogP contribution in [0.5, 0.6) is 0 Å². The molecule has 2 fully saturated rings. The fourth-order valence-electron chi connectivity index (χ4n) is 3.02. The highest BCUT2D eigenvalue weighted by molar-refractivity contribution is 5.86. The van der Waals surface area contributed by atoms with Gasteiger partial charge < -0.3 is 14.9 Å². The van der Waals surface area contributed by atoms with E-state index in [9.17, 15) is 14.7 Å². The van der Waals surface area contributed by atoms with Gasteiger partial charge in [-0.3, -0.25) is 0 Å². The van der Waals surface area contributed by atoms with Crippen LogP contribution in [-0.2, 0) is 4.79 Å². The van der Waals surface area contributed by atoms with E-state index in [1.54, 1.807) is 11.8 Å². The maximum atomic E-state index is 12.5. The summed E-state index contributed by atoms with van der Waals surface area (Å²) in [6.45, 7) is 5.02. The number of likely N-dealkylation sites (tertiary alicyclic amines) is 2. The molecule has 0 aromatic rings. The predicted molar refractivity (Wildman–Crippen MR) is 67.4 cm³/mol. The third-order valence-electron chi connectivity index (χ3n) is 4.38. The van der Waals surface area contributed by atoms with Gasteiger partial charge in [0.1, 0.15) is 5.54 Å². The molecule has 0 aromatic carbocycles. The molecule has 0 radical (unpaired) electrons. The zero-order valence-electron chi connectivity index (χ0n) is 11.2. The molecule has 0 aliphatic carbocycles. The summed E-state index contributed by atoms with van der Waals surface area (Å²) in [6, 6.07) is 0.141. The first-order chi connectivity index (χ1) is 8.47. The largest absolute Gasteiger partial charge is 0.480 e. The van der Waals surface area contributed by atoms with Gasteiger partial charge in [-0.05, 0) is 46.0 Å². The molecule has 5 heteroatoms. The molecule has 2 aliphatic rings. The Labute approximate surface area is 108 Å². The van der Waals surface area contributed by atoms with Gasteiger partial charge in [-0.25, -0.2) is 9.59 Å². The molecule has 2 unspecified atom stereocenters. The number of carboxylic acids is 1. The number of aliphatic carboxylic acids is 1. The molecule has 2 rings (SSSR count). The quantitative estimate of drug-likeness (QED) is 0.777. The van der Waals surface area contributed by atoms with Crippen molar-refractivity contribution in [2.45, 2.75) is 57.5 Å². The molecule has 2 atom stereocenters. The van der Waals surface area contributed by atoms with Gasteiger partial charge >= 0.3 is 12.0 Å². The first kappa shape index (κ1) is 13.2. The van der Waals surface area contributed by atoms with Gasteiger partial charge in [0.2, 0.25) is 0 Å². The summed E-state index contributed by atoms with van der Waals surface area (Å²) in [7, 11) is 0.